The topological polar surface area (TPSA) is 144 Å². The largest absolute Gasteiger partial charge is 0.508 e. The number of benzene rings is 4. The third-order valence-electron chi connectivity index (χ3n) is 11.3. The van der Waals surface area contributed by atoms with E-state index in [1.54, 1.807) is 37.3 Å². The molecule has 2 aliphatic heterocycles. The van der Waals surface area contributed by atoms with Crippen LogP contribution in [0.4, 0.5) is 11.4 Å². The van der Waals surface area contributed by atoms with Crippen molar-refractivity contribution in [3.05, 3.63) is 137 Å². The number of hydrogen-bond donors (Lipinski definition) is 3. The van der Waals surface area contributed by atoms with Gasteiger partial charge in [-0.05, 0) is 85.7 Å². The number of aromatic carboxylic acids is 1. The van der Waals surface area contributed by atoms with Crippen molar-refractivity contribution >= 4 is 41.0 Å². The van der Waals surface area contributed by atoms with Crippen LogP contribution in [0.2, 0.25) is 0 Å². The molecular weight excluding hydrogens is 646 g/mol. The van der Waals surface area contributed by atoms with E-state index in [1.165, 1.54) is 18.2 Å². The Labute approximate surface area is 294 Å². The van der Waals surface area contributed by atoms with Gasteiger partial charge in [-0.3, -0.25) is 29.5 Å². The quantitative estimate of drug-likeness (QED) is 0.169. The number of carbonyl (C=O) groups excluding carboxylic acids is 4. The van der Waals surface area contributed by atoms with E-state index in [-0.39, 0.29) is 29.8 Å². The number of carboxylic acid groups (broad SMARTS) is 1. The number of allylic oxidation sites excluding steroid dienone is 2. The molecule has 51 heavy (non-hydrogen) atoms. The minimum atomic E-state index is -1.42. The zero-order valence-electron chi connectivity index (χ0n) is 27.9. The highest BCUT2D eigenvalue weighted by Crippen LogP contribution is 2.64. The molecule has 2 heterocycles. The van der Waals surface area contributed by atoms with Crippen molar-refractivity contribution in [2.75, 3.05) is 10.3 Å². The number of anilines is 2. The highest BCUT2D eigenvalue weighted by atomic mass is 16.4. The van der Waals surface area contributed by atoms with Crippen LogP contribution in [0.5, 0.6) is 5.75 Å². The first kappa shape index (κ1) is 32.2. The lowest BCUT2D eigenvalue weighted by molar-refractivity contribution is -0.138. The predicted molar refractivity (Wildman–Crippen MR) is 188 cm³/mol. The third-order valence-corrected chi connectivity index (χ3v) is 11.3. The highest BCUT2D eigenvalue weighted by Gasteiger charge is 2.70. The average Bonchev–Trinajstić information content (AvgIpc) is 3.51. The van der Waals surface area contributed by atoms with E-state index in [9.17, 15) is 29.4 Å². The first-order valence-electron chi connectivity index (χ1n) is 17.0. The van der Waals surface area contributed by atoms with Crippen LogP contribution in [0.1, 0.15) is 51.4 Å². The van der Waals surface area contributed by atoms with Crippen LogP contribution in [0, 0.1) is 37.5 Å². The summed E-state index contributed by atoms with van der Waals surface area (Å²) in [7, 11) is 0. The molecule has 256 valence electrons. The van der Waals surface area contributed by atoms with Crippen LogP contribution in [0.15, 0.2) is 109 Å². The number of aryl methyl sites for hydroxylation is 2. The van der Waals surface area contributed by atoms with Crippen molar-refractivity contribution in [1.82, 2.24) is 5.01 Å². The third kappa shape index (κ3) is 4.73. The molecule has 4 amide bonds. The number of nitrogens with zero attached hydrogens (tertiary/aromatic N) is 2. The smallest absolute Gasteiger partial charge is 0.335 e. The molecule has 6 unspecified atom stereocenters. The Morgan fingerprint density at radius 1 is 0.824 bits per heavy atom. The average molecular weight is 682 g/mol. The minimum absolute atomic E-state index is 0.0499. The Hall–Kier alpha value is -6.03. The summed E-state index contributed by atoms with van der Waals surface area (Å²) in [6.45, 7) is 3.72. The van der Waals surface area contributed by atoms with Gasteiger partial charge in [-0.15, -0.1) is 0 Å². The van der Waals surface area contributed by atoms with Crippen molar-refractivity contribution in [2.24, 2.45) is 23.7 Å². The van der Waals surface area contributed by atoms with Crippen molar-refractivity contribution in [1.29, 1.82) is 0 Å². The molecule has 4 aromatic rings. The number of fused-ring (bicyclic) bond motifs is 4. The van der Waals surface area contributed by atoms with Gasteiger partial charge < -0.3 is 10.2 Å². The normalized spacial score (nSPS) is 26.8. The van der Waals surface area contributed by atoms with Gasteiger partial charge in [-0.2, -0.15) is 5.01 Å². The van der Waals surface area contributed by atoms with Crippen LogP contribution >= 0.6 is 0 Å². The minimum Gasteiger partial charge on any atom is -0.508 e. The van der Waals surface area contributed by atoms with E-state index in [0.29, 0.717) is 22.4 Å². The molecule has 2 saturated heterocycles. The van der Waals surface area contributed by atoms with E-state index in [2.05, 4.69) is 5.43 Å². The lowest BCUT2D eigenvalue weighted by atomic mass is 9.49. The summed E-state index contributed by atoms with van der Waals surface area (Å²) in [6, 6.07) is 27.6. The molecule has 10 nitrogen and oxygen atoms in total. The number of hydrogen-bond acceptors (Lipinski definition) is 7. The number of aromatic hydroxyl groups is 1. The van der Waals surface area contributed by atoms with Crippen LogP contribution in [-0.2, 0) is 24.6 Å². The molecule has 4 aliphatic rings. The second kappa shape index (κ2) is 11.8. The SMILES string of the molecule is Cc1ccc(NN2C(=O)C3CC4C(=CCC5C(=O)N(c6cccc(C(=O)O)c6)C(=O)C54)C(c4ccc(O)c(C)c4)C3(c3ccccc3)C2=O)cc1. The Morgan fingerprint density at radius 3 is 2.27 bits per heavy atom. The van der Waals surface area contributed by atoms with E-state index >= 15 is 4.79 Å². The van der Waals surface area contributed by atoms with Gasteiger partial charge in [0.2, 0.25) is 11.8 Å². The molecule has 2 aliphatic carbocycles. The zero-order chi connectivity index (χ0) is 35.8. The van der Waals surface area contributed by atoms with Gasteiger partial charge in [-0.1, -0.05) is 77.9 Å². The van der Waals surface area contributed by atoms with Gasteiger partial charge in [0.05, 0.1) is 40.1 Å². The fourth-order valence-electron chi connectivity index (χ4n) is 9.01. The van der Waals surface area contributed by atoms with Crippen LogP contribution in [0.25, 0.3) is 0 Å². The Bertz CT molecular complexity index is 2180. The van der Waals surface area contributed by atoms with Gasteiger partial charge in [0.1, 0.15) is 5.75 Å². The first-order valence-corrected chi connectivity index (χ1v) is 17.0. The summed E-state index contributed by atoms with van der Waals surface area (Å²) in [5, 5.41) is 21.3. The summed E-state index contributed by atoms with van der Waals surface area (Å²) in [6.07, 6.45) is 2.33. The van der Waals surface area contributed by atoms with Gasteiger partial charge in [0.25, 0.3) is 11.8 Å². The van der Waals surface area contributed by atoms with Crippen LogP contribution in [0.3, 0.4) is 0 Å². The van der Waals surface area contributed by atoms with Crippen molar-refractivity contribution in [3.63, 3.8) is 0 Å². The van der Waals surface area contributed by atoms with Gasteiger partial charge in [0.15, 0.2) is 0 Å². The van der Waals surface area contributed by atoms with Crippen molar-refractivity contribution in [3.8, 4) is 5.75 Å². The number of hydrazine groups is 1. The van der Waals surface area contributed by atoms with E-state index in [0.717, 1.165) is 21.0 Å². The monoisotopic (exact) mass is 681 g/mol. The van der Waals surface area contributed by atoms with Gasteiger partial charge >= 0.3 is 5.97 Å². The number of rotatable bonds is 6. The number of carbonyl (C=O) groups is 5. The molecule has 10 heteroatoms. The summed E-state index contributed by atoms with van der Waals surface area (Å²) in [5.41, 5.74) is 6.12. The molecule has 0 bridgehead atoms. The summed E-state index contributed by atoms with van der Waals surface area (Å²) in [4.78, 5) is 71.3. The molecule has 0 spiro atoms. The molecule has 3 fully saturated rings. The molecule has 0 radical (unpaired) electrons. The number of carboxylic acids is 1. The molecule has 3 N–H and O–H groups in total. The van der Waals surface area contributed by atoms with E-state index in [4.69, 9.17) is 0 Å². The molecular formula is C41H35N3O7. The molecule has 1 saturated carbocycles. The zero-order valence-corrected chi connectivity index (χ0v) is 27.9. The lowest BCUT2D eigenvalue weighted by Gasteiger charge is -2.50. The Balaban J connectivity index is 1.31. The van der Waals surface area contributed by atoms with Gasteiger partial charge in [0, 0.05) is 5.92 Å². The molecule has 4 aromatic carbocycles. The number of nitrogens with one attached hydrogen (secondary N) is 1. The van der Waals surface area contributed by atoms with E-state index in [1.807, 2.05) is 61.5 Å². The fourth-order valence-corrected chi connectivity index (χ4v) is 9.01. The number of phenolic OH excluding ortho intramolecular Hbond substituents is 1. The summed E-state index contributed by atoms with van der Waals surface area (Å²) < 4.78 is 0. The molecule has 6 atom stereocenters. The van der Waals surface area contributed by atoms with Gasteiger partial charge in [-0.25, -0.2) is 4.79 Å². The molecule has 8 rings (SSSR count). The van der Waals surface area contributed by atoms with Crippen LogP contribution in [-0.4, -0.2) is 44.8 Å². The lowest BCUT2D eigenvalue weighted by Crippen LogP contribution is -2.53. The highest BCUT2D eigenvalue weighted by molar-refractivity contribution is 6.23. The van der Waals surface area contributed by atoms with Crippen LogP contribution < -0.4 is 10.3 Å². The Morgan fingerprint density at radius 2 is 1.57 bits per heavy atom. The van der Waals surface area contributed by atoms with E-state index < -0.39 is 64.6 Å². The first-order chi connectivity index (χ1) is 24.5. The Kier molecular flexibility index (Phi) is 7.44. The maximum absolute atomic E-state index is 15.2. The second-order valence-electron chi connectivity index (χ2n) is 14.0. The molecule has 0 aromatic heterocycles. The number of imide groups is 2. The summed E-state index contributed by atoms with van der Waals surface area (Å²) >= 11 is 0. The standard InChI is InChI=1S/C41H35N3O7/c1-22-11-14-27(15-12-22)42-44-37(47)32-21-31-29(16-17-30-34(31)38(48)43(36(30)46)28-10-6-7-25(20-28)39(49)50)35(24-13-18-33(45)23(2)19-24)41(32,40(44)51)26-8-4-3-5-9-26/h3-16,18-20,30-32,34-35,42,45H,17,21H2,1-2H3,(H,49,50). The maximum Gasteiger partial charge on any atom is 0.335 e. The summed E-state index contributed by atoms with van der Waals surface area (Å²) in [5.74, 6) is -6.61. The second-order valence-corrected chi connectivity index (χ2v) is 14.0. The van der Waals surface area contributed by atoms with Crippen molar-refractivity contribution in [2.45, 2.75) is 38.0 Å². The number of phenols is 1. The predicted octanol–water partition coefficient (Wildman–Crippen LogP) is 5.90. The van der Waals surface area contributed by atoms with Crippen molar-refractivity contribution < 1.29 is 34.2 Å². The number of amides is 4. The fraction of sp³-hybridized carbons (Fsp3) is 0.244. The maximum atomic E-state index is 15.2.